The number of aliphatic hydroxyl groups is 1. The average molecular weight is 408 g/mol. The van der Waals surface area contributed by atoms with Crippen LogP contribution in [0.3, 0.4) is 0 Å². The average Bonchev–Trinajstić information content (AvgIpc) is 3.16. The van der Waals surface area contributed by atoms with E-state index >= 15 is 0 Å². The van der Waals surface area contributed by atoms with Gasteiger partial charge in [-0.1, -0.05) is 13.8 Å². The first-order valence-corrected chi connectivity index (χ1v) is 9.81. The minimum Gasteiger partial charge on any atom is -0.473 e. The maximum absolute atomic E-state index is 13.7. The normalized spacial score (nSPS) is 16.7. The summed E-state index contributed by atoms with van der Waals surface area (Å²) in [4.78, 5) is 25.0. The lowest BCUT2D eigenvalue weighted by Gasteiger charge is -2.29. The number of hydrogen-bond acceptors (Lipinski definition) is 6. The van der Waals surface area contributed by atoms with Crippen LogP contribution in [-0.4, -0.2) is 64.8 Å². The van der Waals surface area contributed by atoms with Crippen LogP contribution in [0, 0.1) is 17.6 Å². The van der Waals surface area contributed by atoms with E-state index in [1.165, 1.54) is 0 Å². The van der Waals surface area contributed by atoms with Gasteiger partial charge in [-0.15, -0.1) is 0 Å². The molecule has 1 saturated heterocycles. The van der Waals surface area contributed by atoms with Gasteiger partial charge in [0.1, 0.15) is 6.61 Å². The summed E-state index contributed by atoms with van der Waals surface area (Å²) in [6, 6.07) is 1.99. The van der Waals surface area contributed by atoms with Gasteiger partial charge in [-0.05, 0) is 13.3 Å². The van der Waals surface area contributed by atoms with Crippen LogP contribution in [-0.2, 0) is 4.79 Å². The smallest absolute Gasteiger partial charge is 0.258 e. The molecule has 3 rings (SSSR count). The molecule has 1 atom stereocenters. The van der Waals surface area contributed by atoms with Gasteiger partial charge < -0.3 is 19.6 Å². The number of hydrogen-bond donors (Lipinski definition) is 1. The molecule has 0 bridgehead atoms. The predicted molar refractivity (Wildman–Crippen MR) is 105 cm³/mol. The molecule has 0 saturated carbocycles. The van der Waals surface area contributed by atoms with Crippen LogP contribution in [0.15, 0.2) is 12.1 Å². The molecule has 1 aromatic carbocycles. The first-order chi connectivity index (χ1) is 13.8. The molecule has 1 N–H and O–H groups in total. The highest BCUT2D eigenvalue weighted by molar-refractivity contribution is 5.79. The van der Waals surface area contributed by atoms with E-state index in [4.69, 9.17) is 9.84 Å². The second-order valence-electron chi connectivity index (χ2n) is 7.35. The molecule has 9 heteroatoms. The van der Waals surface area contributed by atoms with Gasteiger partial charge >= 0.3 is 0 Å². The Kier molecular flexibility index (Phi) is 6.46. The first kappa shape index (κ1) is 21.2. The molecule has 29 heavy (non-hydrogen) atoms. The standard InChI is InChI=1S/C20H26F2N4O3/c1-4-26(20(28)12(2)3)13-5-6-25(11-13)18-19(29-8-7-27)24-17-10-15(22)14(21)9-16(17)23-18/h9-10,12-13,27H,4-8,11H2,1-3H3/t13-/m0/s1. The molecule has 2 aromatic rings. The number of aliphatic hydroxyl groups excluding tert-OH is 1. The van der Waals surface area contributed by atoms with Gasteiger partial charge in [-0.25, -0.2) is 18.7 Å². The van der Waals surface area contributed by atoms with E-state index < -0.39 is 11.6 Å². The van der Waals surface area contributed by atoms with Crippen LogP contribution < -0.4 is 9.64 Å². The Balaban J connectivity index is 1.93. The number of halogens is 2. The Morgan fingerprint density at radius 3 is 2.55 bits per heavy atom. The van der Waals surface area contributed by atoms with E-state index in [0.717, 1.165) is 18.6 Å². The topological polar surface area (TPSA) is 78.8 Å². The Morgan fingerprint density at radius 1 is 1.31 bits per heavy atom. The van der Waals surface area contributed by atoms with Gasteiger partial charge in [-0.3, -0.25) is 4.79 Å². The zero-order valence-electron chi connectivity index (χ0n) is 16.9. The Bertz CT molecular complexity index is 894. The highest BCUT2D eigenvalue weighted by atomic mass is 19.2. The molecule has 1 aliphatic heterocycles. The Labute approximate surface area is 168 Å². The molecule has 2 heterocycles. The molecule has 0 unspecified atom stereocenters. The molecule has 1 fully saturated rings. The van der Waals surface area contributed by atoms with Crippen LogP contribution in [0.5, 0.6) is 5.88 Å². The van der Waals surface area contributed by atoms with Crippen molar-refractivity contribution in [1.82, 2.24) is 14.9 Å². The molecule has 7 nitrogen and oxygen atoms in total. The summed E-state index contributed by atoms with van der Waals surface area (Å²) in [6.45, 7) is 7.25. The summed E-state index contributed by atoms with van der Waals surface area (Å²) < 4.78 is 32.8. The number of fused-ring (bicyclic) bond motifs is 1. The van der Waals surface area contributed by atoms with Gasteiger partial charge in [0, 0.05) is 37.7 Å². The lowest BCUT2D eigenvalue weighted by molar-refractivity contribution is -0.136. The van der Waals surface area contributed by atoms with Crippen molar-refractivity contribution in [2.24, 2.45) is 5.92 Å². The van der Waals surface area contributed by atoms with E-state index in [2.05, 4.69) is 9.97 Å². The largest absolute Gasteiger partial charge is 0.473 e. The molecule has 1 aromatic heterocycles. The summed E-state index contributed by atoms with van der Waals surface area (Å²) in [5, 5.41) is 9.10. The van der Waals surface area contributed by atoms with Gasteiger partial charge in [0.05, 0.1) is 23.7 Å². The molecular formula is C20H26F2N4O3. The van der Waals surface area contributed by atoms with E-state index in [-0.39, 0.29) is 48.0 Å². The summed E-state index contributed by atoms with van der Waals surface area (Å²) in [5.41, 5.74) is 0.380. The van der Waals surface area contributed by atoms with Crippen molar-refractivity contribution >= 4 is 22.8 Å². The van der Waals surface area contributed by atoms with Crippen molar-refractivity contribution in [3.05, 3.63) is 23.8 Å². The summed E-state index contributed by atoms with van der Waals surface area (Å²) in [7, 11) is 0. The maximum Gasteiger partial charge on any atom is 0.258 e. The number of carbonyl (C=O) groups excluding carboxylic acids is 1. The summed E-state index contributed by atoms with van der Waals surface area (Å²) in [6.07, 6.45) is 0.753. The minimum atomic E-state index is -1.01. The third-order valence-corrected chi connectivity index (χ3v) is 5.01. The van der Waals surface area contributed by atoms with Gasteiger partial charge in [0.2, 0.25) is 5.91 Å². The third-order valence-electron chi connectivity index (χ3n) is 5.01. The highest BCUT2D eigenvalue weighted by Gasteiger charge is 2.33. The molecule has 1 amide bonds. The van der Waals surface area contributed by atoms with Crippen molar-refractivity contribution in [2.75, 3.05) is 37.7 Å². The molecular weight excluding hydrogens is 382 g/mol. The number of aromatic nitrogens is 2. The monoisotopic (exact) mass is 408 g/mol. The Hall–Kier alpha value is -2.55. The fraction of sp³-hybridized carbons (Fsp3) is 0.550. The van der Waals surface area contributed by atoms with E-state index in [9.17, 15) is 13.6 Å². The van der Waals surface area contributed by atoms with Crippen LogP contribution in [0.25, 0.3) is 11.0 Å². The number of anilines is 1. The number of likely N-dealkylation sites (N-methyl/N-ethyl adjacent to an activating group) is 1. The number of nitrogens with zero attached hydrogens (tertiary/aromatic N) is 4. The van der Waals surface area contributed by atoms with Crippen molar-refractivity contribution in [1.29, 1.82) is 0 Å². The van der Waals surface area contributed by atoms with E-state index in [0.29, 0.717) is 25.5 Å². The van der Waals surface area contributed by atoms with E-state index in [1.807, 2.05) is 30.6 Å². The SMILES string of the molecule is CCN(C(=O)C(C)C)[C@H]1CCN(c2nc3cc(F)c(F)cc3nc2OCCO)C1. The lowest BCUT2D eigenvalue weighted by atomic mass is 10.1. The van der Waals surface area contributed by atoms with Crippen LogP contribution in [0.1, 0.15) is 27.2 Å². The molecule has 158 valence electrons. The quantitative estimate of drug-likeness (QED) is 0.758. The van der Waals surface area contributed by atoms with Crippen molar-refractivity contribution < 1.29 is 23.4 Å². The first-order valence-electron chi connectivity index (χ1n) is 9.81. The number of ether oxygens (including phenoxy) is 1. The fourth-order valence-corrected chi connectivity index (χ4v) is 3.59. The summed E-state index contributed by atoms with van der Waals surface area (Å²) in [5.74, 6) is -1.46. The fourth-order valence-electron chi connectivity index (χ4n) is 3.59. The third kappa shape index (κ3) is 4.39. The molecule has 0 aliphatic carbocycles. The summed E-state index contributed by atoms with van der Waals surface area (Å²) >= 11 is 0. The second-order valence-corrected chi connectivity index (χ2v) is 7.35. The molecule has 0 spiro atoms. The Morgan fingerprint density at radius 2 is 1.97 bits per heavy atom. The van der Waals surface area contributed by atoms with E-state index in [1.54, 1.807) is 0 Å². The molecule has 0 radical (unpaired) electrons. The number of rotatable bonds is 7. The van der Waals surface area contributed by atoms with Crippen LogP contribution in [0.2, 0.25) is 0 Å². The zero-order chi connectivity index (χ0) is 21.1. The van der Waals surface area contributed by atoms with Crippen molar-refractivity contribution in [2.45, 2.75) is 33.2 Å². The molecule has 1 aliphatic rings. The number of benzene rings is 1. The maximum atomic E-state index is 13.7. The van der Waals surface area contributed by atoms with Gasteiger partial charge in [0.15, 0.2) is 17.5 Å². The number of amides is 1. The van der Waals surface area contributed by atoms with Crippen LogP contribution >= 0.6 is 0 Å². The predicted octanol–water partition coefficient (Wildman–Crippen LogP) is 2.36. The van der Waals surface area contributed by atoms with Crippen molar-refractivity contribution in [3.63, 3.8) is 0 Å². The highest BCUT2D eigenvalue weighted by Crippen LogP contribution is 2.31. The second kappa shape index (κ2) is 8.86. The van der Waals surface area contributed by atoms with Crippen molar-refractivity contribution in [3.8, 4) is 5.88 Å². The van der Waals surface area contributed by atoms with Crippen LogP contribution in [0.4, 0.5) is 14.6 Å². The number of carbonyl (C=O) groups is 1. The lowest BCUT2D eigenvalue weighted by Crippen LogP contribution is -2.43. The van der Waals surface area contributed by atoms with Gasteiger partial charge in [0.25, 0.3) is 5.88 Å². The minimum absolute atomic E-state index is 0.00104. The zero-order valence-corrected chi connectivity index (χ0v) is 16.9. The van der Waals surface area contributed by atoms with Gasteiger partial charge in [-0.2, -0.15) is 0 Å².